The molecule has 1 amide bonds. The molecule has 1 saturated carbocycles. The summed E-state index contributed by atoms with van der Waals surface area (Å²) < 4.78 is 3.25. The van der Waals surface area contributed by atoms with E-state index in [0.717, 1.165) is 24.1 Å². The number of nitrogens with zero attached hydrogens (tertiary/aromatic N) is 4. The van der Waals surface area contributed by atoms with Gasteiger partial charge in [-0.1, -0.05) is 30.5 Å². The van der Waals surface area contributed by atoms with Crippen LogP contribution in [0.5, 0.6) is 0 Å². The van der Waals surface area contributed by atoms with Crippen molar-refractivity contribution < 1.29 is 4.79 Å². The van der Waals surface area contributed by atoms with Gasteiger partial charge in [-0.2, -0.15) is 5.10 Å². The van der Waals surface area contributed by atoms with Crippen molar-refractivity contribution in [2.45, 2.75) is 58.5 Å². The molecule has 1 fully saturated rings. The van der Waals surface area contributed by atoms with Crippen LogP contribution in [0, 0.1) is 13.8 Å². The van der Waals surface area contributed by atoms with Crippen molar-refractivity contribution in [3.05, 3.63) is 52.2 Å². The van der Waals surface area contributed by atoms with E-state index in [1.807, 2.05) is 31.2 Å². The van der Waals surface area contributed by atoms with E-state index < -0.39 is 0 Å². The van der Waals surface area contributed by atoms with Crippen molar-refractivity contribution in [1.29, 1.82) is 0 Å². The number of benzene rings is 1. The van der Waals surface area contributed by atoms with Gasteiger partial charge in [0, 0.05) is 19.0 Å². The molecule has 0 atom stereocenters. The Morgan fingerprint density at radius 3 is 2.61 bits per heavy atom. The summed E-state index contributed by atoms with van der Waals surface area (Å²) in [5.41, 5.74) is 2.40. The highest BCUT2D eigenvalue weighted by Crippen LogP contribution is 2.18. The van der Waals surface area contributed by atoms with E-state index >= 15 is 0 Å². The van der Waals surface area contributed by atoms with Gasteiger partial charge in [0.05, 0.1) is 11.9 Å². The van der Waals surface area contributed by atoms with E-state index in [0.29, 0.717) is 29.4 Å². The van der Waals surface area contributed by atoms with Gasteiger partial charge in [-0.15, -0.1) is 0 Å². The summed E-state index contributed by atoms with van der Waals surface area (Å²) in [6, 6.07) is 8.20. The van der Waals surface area contributed by atoms with Gasteiger partial charge in [0.25, 0.3) is 5.56 Å². The number of hydrogen-bond donors (Lipinski definition) is 1. The van der Waals surface area contributed by atoms with Gasteiger partial charge < -0.3 is 5.32 Å². The predicted molar refractivity (Wildman–Crippen MR) is 108 cm³/mol. The molecule has 0 unspecified atom stereocenters. The number of carbonyl (C=O) groups excluding carboxylic acids is 1. The Labute approximate surface area is 163 Å². The van der Waals surface area contributed by atoms with Crippen molar-refractivity contribution in [3.63, 3.8) is 0 Å². The third-order valence-corrected chi connectivity index (χ3v) is 5.44. The lowest BCUT2D eigenvalue weighted by atomic mass is 10.2. The summed E-state index contributed by atoms with van der Waals surface area (Å²) in [6.45, 7) is 4.14. The maximum absolute atomic E-state index is 12.9. The molecular weight excluding hydrogens is 354 g/mol. The zero-order valence-corrected chi connectivity index (χ0v) is 16.3. The third kappa shape index (κ3) is 3.56. The van der Waals surface area contributed by atoms with Crippen LogP contribution in [0.15, 0.2) is 35.3 Å². The Balaban J connectivity index is 1.57. The van der Waals surface area contributed by atoms with Crippen molar-refractivity contribution in [2.75, 3.05) is 0 Å². The lowest BCUT2D eigenvalue weighted by Gasteiger charge is -2.13. The van der Waals surface area contributed by atoms with Gasteiger partial charge >= 0.3 is 0 Å². The maximum atomic E-state index is 12.9. The number of aromatic nitrogens is 4. The Kier molecular flexibility index (Phi) is 4.98. The molecule has 7 heteroatoms. The first-order chi connectivity index (χ1) is 13.5. The monoisotopic (exact) mass is 379 g/mol. The molecule has 7 nitrogen and oxygen atoms in total. The molecule has 3 aromatic rings. The van der Waals surface area contributed by atoms with E-state index in [1.165, 1.54) is 12.8 Å². The maximum Gasteiger partial charge on any atom is 0.264 e. The first-order valence-corrected chi connectivity index (χ1v) is 9.84. The molecule has 0 radical (unpaired) electrons. The van der Waals surface area contributed by atoms with Crippen LogP contribution in [-0.2, 0) is 11.3 Å². The zero-order valence-electron chi connectivity index (χ0n) is 16.3. The van der Waals surface area contributed by atoms with Gasteiger partial charge in [-0.25, -0.2) is 9.67 Å². The van der Waals surface area contributed by atoms with Crippen LogP contribution in [0.1, 0.15) is 43.5 Å². The van der Waals surface area contributed by atoms with Crippen LogP contribution >= 0.6 is 0 Å². The fraction of sp³-hybridized carbons (Fsp3) is 0.429. The molecule has 2 aromatic heterocycles. The molecule has 2 heterocycles. The second-order valence-corrected chi connectivity index (χ2v) is 7.54. The van der Waals surface area contributed by atoms with Crippen molar-refractivity contribution in [1.82, 2.24) is 24.6 Å². The van der Waals surface area contributed by atoms with Crippen LogP contribution in [0.25, 0.3) is 16.7 Å². The Hall–Kier alpha value is -2.96. The van der Waals surface area contributed by atoms with E-state index in [-0.39, 0.29) is 17.9 Å². The highest BCUT2D eigenvalue weighted by Gasteiger charge is 2.18. The molecule has 146 valence electrons. The minimum absolute atomic E-state index is 0.00588. The quantitative estimate of drug-likeness (QED) is 0.739. The third-order valence-electron chi connectivity index (χ3n) is 5.44. The molecular formula is C21H25N5O2. The van der Waals surface area contributed by atoms with Crippen LogP contribution in [-0.4, -0.2) is 31.3 Å². The smallest absolute Gasteiger partial charge is 0.264 e. The van der Waals surface area contributed by atoms with E-state index in [1.54, 1.807) is 22.4 Å². The highest BCUT2D eigenvalue weighted by atomic mass is 16.2. The number of rotatable bonds is 5. The predicted octanol–water partition coefficient (Wildman–Crippen LogP) is 2.65. The van der Waals surface area contributed by atoms with Gasteiger partial charge in [0.1, 0.15) is 11.2 Å². The van der Waals surface area contributed by atoms with Crippen molar-refractivity contribution in [3.8, 4) is 5.69 Å². The largest absolute Gasteiger partial charge is 0.353 e. The molecule has 1 aromatic carbocycles. The van der Waals surface area contributed by atoms with Crippen molar-refractivity contribution >= 4 is 16.9 Å². The van der Waals surface area contributed by atoms with Gasteiger partial charge in [0.2, 0.25) is 5.91 Å². The summed E-state index contributed by atoms with van der Waals surface area (Å²) in [4.78, 5) is 29.8. The molecule has 0 bridgehead atoms. The van der Waals surface area contributed by atoms with Gasteiger partial charge in [0.15, 0.2) is 5.65 Å². The van der Waals surface area contributed by atoms with Crippen molar-refractivity contribution in [2.24, 2.45) is 0 Å². The average Bonchev–Trinajstić information content (AvgIpc) is 3.32. The first-order valence-electron chi connectivity index (χ1n) is 9.84. The van der Waals surface area contributed by atoms with E-state index in [2.05, 4.69) is 15.4 Å². The molecule has 4 rings (SSSR count). The fourth-order valence-electron chi connectivity index (χ4n) is 3.83. The van der Waals surface area contributed by atoms with Crippen LogP contribution < -0.4 is 10.9 Å². The summed E-state index contributed by atoms with van der Waals surface area (Å²) in [5, 5.41) is 7.89. The number of aryl methyl sites for hydroxylation is 2. The van der Waals surface area contributed by atoms with Crippen LogP contribution in [0.4, 0.5) is 0 Å². The molecule has 1 aliphatic rings. The standard InChI is InChI=1S/C21H25N5O2/c1-14-7-9-17(10-8-14)26-20-18(13-22-26)21(28)25(15(2)23-20)12-11-19(27)24-16-5-3-4-6-16/h7-10,13,16H,3-6,11-12H2,1-2H3,(H,24,27). The molecule has 0 aliphatic heterocycles. The summed E-state index contributed by atoms with van der Waals surface area (Å²) >= 11 is 0. The Morgan fingerprint density at radius 1 is 1.18 bits per heavy atom. The second kappa shape index (κ2) is 7.58. The lowest BCUT2D eigenvalue weighted by molar-refractivity contribution is -0.122. The molecule has 28 heavy (non-hydrogen) atoms. The van der Waals surface area contributed by atoms with Crippen LogP contribution in [0.3, 0.4) is 0 Å². The molecule has 0 spiro atoms. The van der Waals surface area contributed by atoms with E-state index in [4.69, 9.17) is 0 Å². The minimum atomic E-state index is -0.158. The number of hydrogen-bond acceptors (Lipinski definition) is 4. The Morgan fingerprint density at radius 2 is 1.89 bits per heavy atom. The summed E-state index contributed by atoms with van der Waals surface area (Å²) in [5.74, 6) is 0.577. The zero-order chi connectivity index (χ0) is 19.7. The number of amides is 1. The number of fused-ring (bicyclic) bond motifs is 1. The van der Waals surface area contributed by atoms with E-state index in [9.17, 15) is 9.59 Å². The lowest BCUT2D eigenvalue weighted by Crippen LogP contribution is -2.34. The molecule has 0 saturated heterocycles. The number of carbonyl (C=O) groups is 1. The van der Waals surface area contributed by atoms with Gasteiger partial charge in [-0.05, 0) is 38.8 Å². The topological polar surface area (TPSA) is 81.8 Å². The summed E-state index contributed by atoms with van der Waals surface area (Å²) in [6.07, 6.45) is 6.28. The highest BCUT2D eigenvalue weighted by molar-refractivity contribution is 5.77. The van der Waals surface area contributed by atoms with Crippen LogP contribution in [0.2, 0.25) is 0 Å². The average molecular weight is 379 g/mol. The van der Waals surface area contributed by atoms with Gasteiger partial charge in [-0.3, -0.25) is 14.2 Å². The summed E-state index contributed by atoms with van der Waals surface area (Å²) in [7, 11) is 0. The normalized spacial score (nSPS) is 14.6. The first kappa shape index (κ1) is 18.4. The molecule has 1 aliphatic carbocycles. The molecule has 1 N–H and O–H groups in total. The fourth-order valence-corrected chi connectivity index (χ4v) is 3.83. The Bertz CT molecular complexity index is 1060. The minimum Gasteiger partial charge on any atom is -0.353 e. The SMILES string of the molecule is Cc1ccc(-n2ncc3c(=O)n(CCC(=O)NC4CCCC4)c(C)nc32)cc1. The second-order valence-electron chi connectivity index (χ2n) is 7.54. The number of nitrogens with one attached hydrogen (secondary N) is 1.